The summed E-state index contributed by atoms with van der Waals surface area (Å²) < 4.78 is 15.5. The molecular formula is C11H12ClFN2. The summed E-state index contributed by atoms with van der Waals surface area (Å²) in [5.74, 6) is 0.446. The summed E-state index contributed by atoms with van der Waals surface area (Å²) in [6, 6.07) is 3.29. The maximum atomic E-state index is 13.5. The Bertz CT molecular complexity index is 517. The molecule has 1 aromatic carbocycles. The van der Waals surface area contributed by atoms with Gasteiger partial charge >= 0.3 is 0 Å². The van der Waals surface area contributed by atoms with E-state index in [9.17, 15) is 4.39 Å². The van der Waals surface area contributed by atoms with Crippen LogP contribution >= 0.6 is 11.6 Å². The third kappa shape index (κ3) is 1.61. The van der Waals surface area contributed by atoms with Gasteiger partial charge in [-0.05, 0) is 32.9 Å². The lowest BCUT2D eigenvalue weighted by molar-refractivity contribution is 0.600. The van der Waals surface area contributed by atoms with Crippen molar-refractivity contribution in [3.8, 4) is 0 Å². The predicted octanol–water partition coefficient (Wildman–Crippen LogP) is 3.72. The summed E-state index contributed by atoms with van der Waals surface area (Å²) in [6.45, 7) is 5.94. The molecule has 0 aliphatic heterocycles. The van der Waals surface area contributed by atoms with Gasteiger partial charge in [0.1, 0.15) is 11.3 Å². The summed E-state index contributed by atoms with van der Waals surface area (Å²) in [6.07, 6.45) is 0. The van der Waals surface area contributed by atoms with Crippen LogP contribution in [0.1, 0.15) is 25.7 Å². The number of hydrogen-bond donors (Lipinski definition) is 0. The van der Waals surface area contributed by atoms with Crippen LogP contribution in [-0.2, 0) is 0 Å². The SMILES string of the molecule is Cc1nc2c(F)cc(Cl)cc2n1C(C)C. The van der Waals surface area contributed by atoms with Gasteiger partial charge in [-0.25, -0.2) is 9.37 Å². The maximum Gasteiger partial charge on any atom is 0.152 e. The first kappa shape index (κ1) is 10.4. The number of fused-ring (bicyclic) bond motifs is 1. The number of aromatic nitrogens is 2. The number of halogens is 2. The Balaban J connectivity index is 2.86. The summed E-state index contributed by atoms with van der Waals surface area (Å²) in [7, 11) is 0. The molecule has 15 heavy (non-hydrogen) atoms. The third-order valence-electron chi connectivity index (χ3n) is 2.41. The number of benzene rings is 1. The molecule has 0 spiro atoms. The van der Waals surface area contributed by atoms with E-state index in [0.717, 1.165) is 11.3 Å². The van der Waals surface area contributed by atoms with Crippen LogP contribution in [0, 0.1) is 12.7 Å². The van der Waals surface area contributed by atoms with Crippen molar-refractivity contribution in [1.29, 1.82) is 0 Å². The predicted molar refractivity (Wildman–Crippen MR) is 59.8 cm³/mol. The molecule has 0 N–H and O–H groups in total. The molecule has 0 aliphatic carbocycles. The molecule has 1 aromatic heterocycles. The number of aryl methyl sites for hydroxylation is 1. The molecular weight excluding hydrogens is 215 g/mol. The van der Waals surface area contributed by atoms with Crippen molar-refractivity contribution in [2.75, 3.05) is 0 Å². The fourth-order valence-corrected chi connectivity index (χ4v) is 2.09. The Labute approximate surface area is 92.7 Å². The molecule has 0 amide bonds. The summed E-state index contributed by atoms with van der Waals surface area (Å²) in [4.78, 5) is 4.20. The monoisotopic (exact) mass is 226 g/mol. The van der Waals surface area contributed by atoms with Crippen molar-refractivity contribution < 1.29 is 4.39 Å². The Morgan fingerprint density at radius 2 is 2.07 bits per heavy atom. The van der Waals surface area contributed by atoms with Crippen molar-refractivity contribution >= 4 is 22.6 Å². The number of imidazole rings is 1. The molecule has 0 fully saturated rings. The summed E-state index contributed by atoms with van der Waals surface area (Å²) in [5.41, 5.74) is 1.15. The first-order valence-corrected chi connectivity index (χ1v) is 5.22. The van der Waals surface area contributed by atoms with Gasteiger partial charge in [-0.2, -0.15) is 0 Å². The van der Waals surface area contributed by atoms with E-state index in [1.165, 1.54) is 6.07 Å². The van der Waals surface area contributed by atoms with Crippen molar-refractivity contribution in [1.82, 2.24) is 9.55 Å². The second kappa shape index (κ2) is 3.49. The molecule has 0 atom stereocenters. The van der Waals surface area contributed by atoms with Gasteiger partial charge in [0.05, 0.1) is 5.52 Å². The Morgan fingerprint density at radius 1 is 1.40 bits per heavy atom. The Hall–Kier alpha value is -1.09. The van der Waals surface area contributed by atoms with Crippen LogP contribution in [0.15, 0.2) is 12.1 Å². The second-order valence-corrected chi connectivity index (χ2v) is 4.31. The molecule has 0 saturated carbocycles. The minimum Gasteiger partial charge on any atom is -0.326 e. The zero-order valence-electron chi connectivity index (χ0n) is 8.88. The number of nitrogens with zero attached hydrogens (tertiary/aromatic N) is 2. The standard InChI is InChI=1S/C11H12ClFN2/c1-6(2)15-7(3)14-11-9(13)4-8(12)5-10(11)15/h4-6H,1-3H3. The van der Waals surface area contributed by atoms with Gasteiger partial charge in [0.2, 0.25) is 0 Å². The van der Waals surface area contributed by atoms with Crippen LogP contribution in [0.5, 0.6) is 0 Å². The lowest BCUT2D eigenvalue weighted by Crippen LogP contribution is -2.02. The van der Waals surface area contributed by atoms with E-state index in [-0.39, 0.29) is 11.9 Å². The van der Waals surface area contributed by atoms with Crippen molar-refractivity contribution in [3.05, 3.63) is 28.8 Å². The van der Waals surface area contributed by atoms with Crippen LogP contribution in [0.2, 0.25) is 5.02 Å². The van der Waals surface area contributed by atoms with Gasteiger partial charge in [0.15, 0.2) is 5.82 Å². The molecule has 0 saturated heterocycles. The van der Waals surface area contributed by atoms with Crippen LogP contribution in [0.4, 0.5) is 4.39 Å². The van der Waals surface area contributed by atoms with E-state index < -0.39 is 0 Å². The van der Waals surface area contributed by atoms with Crippen molar-refractivity contribution in [2.45, 2.75) is 26.8 Å². The fourth-order valence-electron chi connectivity index (χ4n) is 1.89. The molecule has 2 rings (SSSR count). The average Bonchev–Trinajstić information content (AvgIpc) is 2.41. The molecule has 80 valence electrons. The number of rotatable bonds is 1. The van der Waals surface area contributed by atoms with Crippen molar-refractivity contribution in [2.24, 2.45) is 0 Å². The highest BCUT2D eigenvalue weighted by molar-refractivity contribution is 6.31. The first-order valence-electron chi connectivity index (χ1n) is 4.84. The van der Waals surface area contributed by atoms with Crippen LogP contribution in [0.25, 0.3) is 11.0 Å². The topological polar surface area (TPSA) is 17.8 Å². The average molecular weight is 227 g/mol. The van der Waals surface area contributed by atoms with Gasteiger partial charge < -0.3 is 4.57 Å². The van der Waals surface area contributed by atoms with Gasteiger partial charge in [0.25, 0.3) is 0 Å². The van der Waals surface area contributed by atoms with Gasteiger partial charge in [-0.1, -0.05) is 11.6 Å². The minimum absolute atomic E-state index is 0.243. The van der Waals surface area contributed by atoms with Gasteiger partial charge in [0, 0.05) is 11.1 Å². The molecule has 0 aliphatic rings. The Morgan fingerprint density at radius 3 is 2.67 bits per heavy atom. The lowest BCUT2D eigenvalue weighted by Gasteiger charge is -2.10. The highest BCUT2D eigenvalue weighted by Gasteiger charge is 2.13. The number of hydrogen-bond acceptors (Lipinski definition) is 1. The third-order valence-corrected chi connectivity index (χ3v) is 2.62. The molecule has 2 nitrogen and oxygen atoms in total. The molecule has 4 heteroatoms. The molecule has 0 unspecified atom stereocenters. The van der Waals surface area contributed by atoms with Gasteiger partial charge in [-0.15, -0.1) is 0 Å². The van der Waals surface area contributed by atoms with E-state index in [4.69, 9.17) is 11.6 Å². The Kier molecular flexibility index (Phi) is 2.43. The van der Waals surface area contributed by atoms with E-state index in [1.807, 2.05) is 25.3 Å². The van der Waals surface area contributed by atoms with E-state index in [2.05, 4.69) is 4.98 Å². The van der Waals surface area contributed by atoms with Crippen LogP contribution in [-0.4, -0.2) is 9.55 Å². The zero-order valence-corrected chi connectivity index (χ0v) is 9.64. The molecule has 2 aromatic rings. The van der Waals surface area contributed by atoms with E-state index >= 15 is 0 Å². The van der Waals surface area contributed by atoms with E-state index in [0.29, 0.717) is 10.5 Å². The zero-order chi connectivity index (χ0) is 11.2. The summed E-state index contributed by atoms with van der Waals surface area (Å²) in [5, 5.41) is 0.404. The molecule has 1 heterocycles. The highest BCUT2D eigenvalue weighted by atomic mass is 35.5. The first-order chi connectivity index (χ1) is 7.00. The van der Waals surface area contributed by atoms with Crippen LogP contribution < -0.4 is 0 Å². The van der Waals surface area contributed by atoms with E-state index in [1.54, 1.807) is 6.07 Å². The lowest BCUT2D eigenvalue weighted by atomic mass is 10.3. The largest absolute Gasteiger partial charge is 0.326 e. The van der Waals surface area contributed by atoms with Crippen molar-refractivity contribution in [3.63, 3.8) is 0 Å². The summed E-state index contributed by atoms with van der Waals surface area (Å²) >= 11 is 5.83. The second-order valence-electron chi connectivity index (χ2n) is 3.88. The van der Waals surface area contributed by atoms with Gasteiger partial charge in [-0.3, -0.25) is 0 Å². The quantitative estimate of drug-likeness (QED) is 0.725. The van der Waals surface area contributed by atoms with Crippen LogP contribution in [0.3, 0.4) is 0 Å². The molecule has 0 bridgehead atoms. The smallest absolute Gasteiger partial charge is 0.152 e. The fraction of sp³-hybridized carbons (Fsp3) is 0.364. The molecule has 0 radical (unpaired) electrons. The highest BCUT2D eigenvalue weighted by Crippen LogP contribution is 2.26. The maximum absolute atomic E-state index is 13.5. The normalized spacial score (nSPS) is 11.6. The minimum atomic E-state index is -0.361.